The number of anilines is 1. The van der Waals surface area contributed by atoms with E-state index in [2.05, 4.69) is 36.0 Å². The lowest BCUT2D eigenvalue weighted by molar-refractivity contribution is 0.0560. The third-order valence-corrected chi connectivity index (χ3v) is 7.59. The molecular formula is C33H39N3O4. The number of piperidine rings is 1. The third kappa shape index (κ3) is 7.64. The Balaban J connectivity index is 1.23. The Labute approximate surface area is 237 Å². The van der Waals surface area contributed by atoms with Crippen LogP contribution in [-0.4, -0.2) is 74.3 Å². The molecule has 1 amide bonds. The van der Waals surface area contributed by atoms with Gasteiger partial charge in [-0.25, -0.2) is 4.79 Å². The number of aldehydes is 2. The minimum absolute atomic E-state index is 0.108. The highest BCUT2D eigenvalue weighted by molar-refractivity contribution is 5.91. The van der Waals surface area contributed by atoms with Gasteiger partial charge in [0.1, 0.15) is 18.7 Å². The molecule has 1 aliphatic heterocycles. The van der Waals surface area contributed by atoms with E-state index in [1.165, 1.54) is 0 Å². The van der Waals surface area contributed by atoms with Gasteiger partial charge in [-0.15, -0.1) is 0 Å². The predicted molar refractivity (Wildman–Crippen MR) is 159 cm³/mol. The highest BCUT2D eigenvalue weighted by Crippen LogP contribution is 2.29. The molecule has 0 unspecified atom stereocenters. The minimum atomic E-state index is -0.419. The van der Waals surface area contributed by atoms with E-state index in [1.54, 1.807) is 12.1 Å². The Morgan fingerprint density at radius 1 is 1.00 bits per heavy atom. The second kappa shape index (κ2) is 13.5. The number of carbonyl (C=O) groups is 3. The van der Waals surface area contributed by atoms with Crippen molar-refractivity contribution in [3.05, 3.63) is 89.5 Å². The predicted octanol–water partition coefficient (Wildman–Crippen LogP) is 5.90. The number of carbonyl (C=O) groups excluding carboxylic acids is 3. The molecule has 0 atom stereocenters. The minimum Gasteiger partial charge on any atom is -0.446 e. The first-order valence-electron chi connectivity index (χ1n) is 13.9. The molecule has 0 spiro atoms. The van der Waals surface area contributed by atoms with E-state index in [0.29, 0.717) is 11.1 Å². The zero-order valence-electron chi connectivity index (χ0n) is 23.6. The van der Waals surface area contributed by atoms with Crippen molar-refractivity contribution in [3.63, 3.8) is 0 Å². The van der Waals surface area contributed by atoms with E-state index in [1.807, 2.05) is 60.7 Å². The molecule has 210 valence electrons. The van der Waals surface area contributed by atoms with Crippen LogP contribution in [0.4, 0.5) is 10.5 Å². The van der Waals surface area contributed by atoms with Gasteiger partial charge in [-0.3, -0.25) is 14.9 Å². The lowest BCUT2D eigenvalue weighted by atomic mass is 9.80. The maximum Gasteiger partial charge on any atom is 0.411 e. The maximum atomic E-state index is 12.7. The van der Waals surface area contributed by atoms with Gasteiger partial charge < -0.3 is 14.5 Å². The van der Waals surface area contributed by atoms with Crippen molar-refractivity contribution in [1.29, 1.82) is 0 Å². The summed E-state index contributed by atoms with van der Waals surface area (Å²) in [5.41, 5.74) is 4.54. The summed E-state index contributed by atoms with van der Waals surface area (Å²) in [5, 5.41) is 2.94. The topological polar surface area (TPSA) is 79.0 Å². The number of nitrogens with one attached hydrogen (secondary N) is 1. The van der Waals surface area contributed by atoms with Crippen LogP contribution in [0.15, 0.2) is 72.8 Å². The fraction of sp³-hybridized carbons (Fsp3) is 0.364. The van der Waals surface area contributed by atoms with E-state index in [9.17, 15) is 14.4 Å². The summed E-state index contributed by atoms with van der Waals surface area (Å²) in [6.45, 7) is 8.47. The number of rotatable bonds is 11. The van der Waals surface area contributed by atoms with Crippen LogP contribution in [0.3, 0.4) is 0 Å². The highest BCUT2D eigenvalue weighted by atomic mass is 16.6. The van der Waals surface area contributed by atoms with Crippen molar-refractivity contribution in [2.75, 3.05) is 45.1 Å². The molecule has 1 saturated heterocycles. The zero-order valence-corrected chi connectivity index (χ0v) is 23.6. The van der Waals surface area contributed by atoms with E-state index >= 15 is 0 Å². The first-order valence-corrected chi connectivity index (χ1v) is 13.9. The molecule has 1 aliphatic rings. The number of benzene rings is 3. The van der Waals surface area contributed by atoms with Gasteiger partial charge in [0.2, 0.25) is 0 Å². The lowest BCUT2D eigenvalue weighted by Crippen LogP contribution is -2.43. The third-order valence-electron chi connectivity index (χ3n) is 7.59. The Bertz CT molecular complexity index is 1300. The molecule has 0 bridgehead atoms. The number of hydrogen-bond acceptors (Lipinski definition) is 6. The van der Waals surface area contributed by atoms with Crippen LogP contribution in [0.25, 0.3) is 11.1 Å². The first kappa shape index (κ1) is 29.2. The molecule has 0 radical (unpaired) electrons. The molecule has 1 fully saturated rings. The van der Waals surface area contributed by atoms with E-state index in [0.717, 1.165) is 80.5 Å². The Hall–Kier alpha value is -3.81. The first-order chi connectivity index (χ1) is 19.3. The summed E-state index contributed by atoms with van der Waals surface area (Å²) in [5.74, 6) is 0. The van der Waals surface area contributed by atoms with Crippen LogP contribution in [0.5, 0.6) is 0 Å². The number of likely N-dealkylation sites (tertiary alicyclic amines) is 1. The number of hydrogen-bond donors (Lipinski definition) is 1. The number of ether oxygens (including phenoxy) is 1. The van der Waals surface area contributed by atoms with Gasteiger partial charge >= 0.3 is 6.09 Å². The average molecular weight is 542 g/mol. The van der Waals surface area contributed by atoms with Crippen molar-refractivity contribution >= 4 is 24.4 Å². The number of nitrogens with zero attached hydrogens (tertiary/aromatic N) is 2. The fourth-order valence-electron chi connectivity index (χ4n) is 5.49. The molecule has 1 heterocycles. The Morgan fingerprint density at radius 2 is 1.70 bits per heavy atom. The fourth-order valence-corrected chi connectivity index (χ4v) is 5.49. The van der Waals surface area contributed by atoms with E-state index in [-0.39, 0.29) is 11.5 Å². The van der Waals surface area contributed by atoms with E-state index in [4.69, 9.17) is 4.74 Å². The Kier molecular flexibility index (Phi) is 9.85. The molecule has 0 aliphatic carbocycles. The average Bonchev–Trinajstić information content (AvgIpc) is 2.97. The summed E-state index contributed by atoms with van der Waals surface area (Å²) in [6, 6.07) is 23.0. The monoisotopic (exact) mass is 541 g/mol. The van der Waals surface area contributed by atoms with Crippen LogP contribution >= 0.6 is 0 Å². The molecular weight excluding hydrogens is 502 g/mol. The second-order valence-corrected chi connectivity index (χ2v) is 11.2. The van der Waals surface area contributed by atoms with Crippen LogP contribution in [0.2, 0.25) is 0 Å². The zero-order chi connectivity index (χ0) is 28.5. The smallest absolute Gasteiger partial charge is 0.411 e. The van der Waals surface area contributed by atoms with Gasteiger partial charge in [0.15, 0.2) is 0 Å². The number of likely N-dealkylation sites (N-methyl/N-ethyl adjacent to an activating group) is 1. The Morgan fingerprint density at radius 3 is 2.40 bits per heavy atom. The second-order valence-electron chi connectivity index (χ2n) is 11.2. The molecule has 0 saturated carbocycles. The summed E-state index contributed by atoms with van der Waals surface area (Å²) >= 11 is 0. The number of amides is 1. The summed E-state index contributed by atoms with van der Waals surface area (Å²) in [6.07, 6.45) is 2.74. The summed E-state index contributed by atoms with van der Waals surface area (Å²) < 4.78 is 5.78. The molecule has 1 N–H and O–H groups in total. The SMILES string of the molecule is CN(CCN1CCC(OC(=O)Nc2ccccc2-c2ccccc2)CC1)CC(C)(C)c1cc(C=O)ccc1C=O. The molecule has 7 heteroatoms. The molecule has 7 nitrogen and oxygen atoms in total. The highest BCUT2D eigenvalue weighted by Gasteiger charge is 2.27. The normalized spacial score (nSPS) is 14.6. The lowest BCUT2D eigenvalue weighted by Gasteiger charge is -2.35. The molecule has 0 aromatic heterocycles. The van der Waals surface area contributed by atoms with Gasteiger partial charge in [0, 0.05) is 54.8 Å². The maximum absolute atomic E-state index is 12.7. The van der Waals surface area contributed by atoms with Gasteiger partial charge in [-0.2, -0.15) is 0 Å². The standard InChI is InChI=1S/C33H39N3O4/c1-33(2,30-21-25(22-37)13-14-27(30)23-38)24-35(3)19-20-36-17-15-28(16-18-36)40-32(39)34-31-12-8-7-11-29(31)26-9-5-4-6-10-26/h4-14,21-23,28H,15-20,24H2,1-3H3,(H,34,39). The molecule has 3 aromatic rings. The van der Waals surface area contributed by atoms with Crippen LogP contribution in [-0.2, 0) is 10.2 Å². The van der Waals surface area contributed by atoms with Crippen molar-refractivity contribution in [3.8, 4) is 11.1 Å². The van der Waals surface area contributed by atoms with E-state index < -0.39 is 6.09 Å². The van der Waals surface area contributed by atoms with Gasteiger partial charge in [-0.1, -0.05) is 74.5 Å². The van der Waals surface area contributed by atoms with Gasteiger partial charge in [0.05, 0.1) is 5.69 Å². The molecule has 40 heavy (non-hydrogen) atoms. The van der Waals surface area contributed by atoms with Crippen molar-refractivity contribution in [2.24, 2.45) is 0 Å². The number of para-hydroxylation sites is 1. The summed E-state index contributed by atoms with van der Waals surface area (Å²) in [7, 11) is 2.08. The quantitative estimate of drug-likeness (QED) is 0.305. The largest absolute Gasteiger partial charge is 0.446 e. The van der Waals surface area contributed by atoms with Crippen molar-refractivity contribution in [1.82, 2.24) is 9.80 Å². The summed E-state index contributed by atoms with van der Waals surface area (Å²) in [4.78, 5) is 40.3. The van der Waals surface area contributed by atoms with Crippen LogP contribution in [0, 0.1) is 0 Å². The molecule has 4 rings (SSSR count). The van der Waals surface area contributed by atoms with Crippen molar-refractivity contribution < 1.29 is 19.1 Å². The van der Waals surface area contributed by atoms with Crippen molar-refractivity contribution in [2.45, 2.75) is 38.2 Å². The van der Waals surface area contributed by atoms with Crippen LogP contribution < -0.4 is 5.32 Å². The molecule has 3 aromatic carbocycles. The van der Waals surface area contributed by atoms with Crippen LogP contribution in [0.1, 0.15) is 53.0 Å². The van der Waals surface area contributed by atoms with Gasteiger partial charge in [0.25, 0.3) is 0 Å². The van der Waals surface area contributed by atoms with Gasteiger partial charge in [-0.05, 0) is 43.1 Å².